The van der Waals surface area contributed by atoms with Gasteiger partial charge in [0.2, 0.25) is 5.89 Å². The minimum atomic E-state index is 0.205. The first kappa shape index (κ1) is 12.6. The number of piperidine rings is 1. The molecule has 1 saturated heterocycles. The van der Waals surface area contributed by atoms with Gasteiger partial charge in [0.15, 0.2) is 0 Å². The number of oxazole rings is 1. The summed E-state index contributed by atoms with van der Waals surface area (Å²) in [4.78, 5) is 6.67. The summed E-state index contributed by atoms with van der Waals surface area (Å²) < 4.78 is 5.52. The Labute approximate surface area is 103 Å². The molecule has 1 aliphatic heterocycles. The largest absolute Gasteiger partial charge is 0.444 e. The molecule has 4 heteroatoms. The summed E-state index contributed by atoms with van der Waals surface area (Å²) >= 11 is 0. The Morgan fingerprint density at radius 1 is 1.65 bits per heavy atom. The lowest BCUT2D eigenvalue weighted by molar-refractivity contribution is 0.201. The summed E-state index contributed by atoms with van der Waals surface area (Å²) in [6.45, 7) is 7.53. The van der Waals surface area contributed by atoms with Gasteiger partial charge >= 0.3 is 0 Å². The van der Waals surface area contributed by atoms with Gasteiger partial charge < -0.3 is 14.6 Å². The van der Waals surface area contributed by atoms with Crippen LogP contribution in [0.5, 0.6) is 0 Å². The monoisotopic (exact) mass is 237 g/mol. The van der Waals surface area contributed by atoms with E-state index in [1.54, 1.807) is 6.20 Å². The van der Waals surface area contributed by atoms with Crippen molar-refractivity contribution in [3.05, 3.63) is 17.8 Å². The van der Waals surface area contributed by atoms with Crippen LogP contribution >= 0.6 is 0 Å². The van der Waals surface area contributed by atoms with E-state index in [1.165, 1.54) is 25.9 Å². The quantitative estimate of drug-likeness (QED) is 0.869. The molecule has 1 fully saturated rings. The first-order valence-electron chi connectivity index (χ1n) is 6.49. The van der Waals surface area contributed by atoms with Crippen LogP contribution in [0.3, 0.4) is 0 Å². The molecule has 2 heterocycles. The Morgan fingerprint density at radius 2 is 2.47 bits per heavy atom. The van der Waals surface area contributed by atoms with E-state index in [0.29, 0.717) is 0 Å². The van der Waals surface area contributed by atoms with Gasteiger partial charge in [-0.1, -0.05) is 0 Å². The second kappa shape index (κ2) is 5.65. The highest BCUT2D eigenvalue weighted by Gasteiger charge is 2.18. The molecular weight excluding hydrogens is 214 g/mol. The smallest absolute Gasteiger partial charge is 0.211 e. The summed E-state index contributed by atoms with van der Waals surface area (Å²) in [5.41, 5.74) is 0. The van der Waals surface area contributed by atoms with Crippen LogP contribution in [0.25, 0.3) is 0 Å². The third-order valence-corrected chi connectivity index (χ3v) is 3.44. The van der Waals surface area contributed by atoms with Gasteiger partial charge in [0.25, 0.3) is 0 Å². The fraction of sp³-hybridized carbons (Fsp3) is 0.769. The average Bonchev–Trinajstić information content (AvgIpc) is 2.73. The molecule has 0 aromatic carbocycles. The molecule has 0 spiro atoms. The average molecular weight is 237 g/mol. The van der Waals surface area contributed by atoms with E-state index in [0.717, 1.165) is 24.1 Å². The van der Waals surface area contributed by atoms with E-state index in [-0.39, 0.29) is 6.04 Å². The van der Waals surface area contributed by atoms with Crippen molar-refractivity contribution in [3.8, 4) is 0 Å². The molecule has 17 heavy (non-hydrogen) atoms. The molecular formula is C13H23N3O. The van der Waals surface area contributed by atoms with E-state index < -0.39 is 0 Å². The van der Waals surface area contributed by atoms with Gasteiger partial charge in [0.05, 0.1) is 12.2 Å². The van der Waals surface area contributed by atoms with E-state index >= 15 is 0 Å². The molecule has 1 aromatic heterocycles. The van der Waals surface area contributed by atoms with E-state index in [1.807, 2.05) is 6.92 Å². The van der Waals surface area contributed by atoms with Crippen molar-refractivity contribution in [1.82, 2.24) is 15.2 Å². The van der Waals surface area contributed by atoms with Crippen LogP contribution in [0.2, 0.25) is 0 Å². The molecule has 4 nitrogen and oxygen atoms in total. The lowest BCUT2D eigenvalue weighted by atomic mass is 9.98. The number of rotatable bonds is 4. The lowest BCUT2D eigenvalue weighted by Crippen LogP contribution is -2.38. The second-order valence-corrected chi connectivity index (χ2v) is 5.21. The minimum Gasteiger partial charge on any atom is -0.444 e. The van der Waals surface area contributed by atoms with Crippen molar-refractivity contribution >= 4 is 0 Å². The van der Waals surface area contributed by atoms with Gasteiger partial charge in [-0.25, -0.2) is 4.98 Å². The molecule has 1 N–H and O–H groups in total. The Balaban J connectivity index is 1.77. The second-order valence-electron chi connectivity index (χ2n) is 5.21. The number of nitrogens with zero attached hydrogens (tertiary/aromatic N) is 2. The number of likely N-dealkylation sites (tertiary alicyclic amines) is 1. The predicted octanol–water partition coefficient (Wildman–Crippen LogP) is 1.98. The zero-order valence-electron chi connectivity index (χ0n) is 11.1. The number of aromatic nitrogens is 1. The number of hydrogen-bond donors (Lipinski definition) is 1. The molecule has 2 atom stereocenters. The van der Waals surface area contributed by atoms with E-state index in [9.17, 15) is 0 Å². The number of nitrogens with one attached hydrogen (secondary N) is 1. The first-order valence-corrected chi connectivity index (χ1v) is 6.49. The van der Waals surface area contributed by atoms with Gasteiger partial charge in [-0.3, -0.25) is 0 Å². The molecule has 0 aliphatic carbocycles. The molecule has 0 radical (unpaired) electrons. The molecule has 1 aliphatic rings. The Morgan fingerprint density at radius 3 is 3.12 bits per heavy atom. The van der Waals surface area contributed by atoms with Crippen LogP contribution in [-0.4, -0.2) is 36.6 Å². The van der Waals surface area contributed by atoms with Crippen LogP contribution in [0.15, 0.2) is 10.6 Å². The van der Waals surface area contributed by atoms with Crippen LogP contribution in [0.4, 0.5) is 0 Å². The van der Waals surface area contributed by atoms with Crippen LogP contribution in [-0.2, 0) is 0 Å². The SMILES string of the molecule is Cc1cnc(C(C)NCC2CCCN(C)C2)o1. The molecule has 1 aromatic rings. The van der Waals surface area contributed by atoms with Crippen LogP contribution in [0.1, 0.15) is 37.5 Å². The van der Waals surface area contributed by atoms with Gasteiger partial charge in [-0.2, -0.15) is 0 Å². The van der Waals surface area contributed by atoms with Crippen molar-refractivity contribution in [2.24, 2.45) is 5.92 Å². The van der Waals surface area contributed by atoms with E-state index in [2.05, 4.69) is 29.2 Å². The Kier molecular flexibility index (Phi) is 4.18. The highest BCUT2D eigenvalue weighted by Crippen LogP contribution is 2.16. The van der Waals surface area contributed by atoms with Crippen LogP contribution < -0.4 is 5.32 Å². The van der Waals surface area contributed by atoms with Crippen molar-refractivity contribution in [2.45, 2.75) is 32.7 Å². The maximum Gasteiger partial charge on any atom is 0.211 e. The standard InChI is InChI=1S/C13H23N3O/c1-10-7-15-13(17-10)11(2)14-8-12-5-4-6-16(3)9-12/h7,11-12,14H,4-6,8-9H2,1-3H3. The Hall–Kier alpha value is -0.870. The molecule has 0 saturated carbocycles. The molecule has 0 bridgehead atoms. The summed E-state index contributed by atoms with van der Waals surface area (Å²) in [6.07, 6.45) is 4.42. The van der Waals surface area contributed by atoms with Gasteiger partial charge in [-0.05, 0) is 52.7 Å². The highest BCUT2D eigenvalue weighted by atomic mass is 16.4. The summed E-state index contributed by atoms with van der Waals surface area (Å²) in [6, 6.07) is 0.205. The van der Waals surface area contributed by atoms with Crippen molar-refractivity contribution in [3.63, 3.8) is 0 Å². The van der Waals surface area contributed by atoms with E-state index in [4.69, 9.17) is 4.42 Å². The van der Waals surface area contributed by atoms with Crippen molar-refractivity contribution in [1.29, 1.82) is 0 Å². The summed E-state index contributed by atoms with van der Waals surface area (Å²) in [5, 5.41) is 3.52. The first-order chi connectivity index (χ1) is 8.15. The van der Waals surface area contributed by atoms with Gasteiger partial charge in [0, 0.05) is 6.54 Å². The van der Waals surface area contributed by atoms with Crippen LogP contribution in [0, 0.1) is 12.8 Å². The van der Waals surface area contributed by atoms with Crippen molar-refractivity contribution < 1.29 is 4.42 Å². The van der Waals surface area contributed by atoms with Gasteiger partial charge in [0.1, 0.15) is 5.76 Å². The third-order valence-electron chi connectivity index (χ3n) is 3.44. The molecule has 0 amide bonds. The predicted molar refractivity (Wildman–Crippen MR) is 67.9 cm³/mol. The third kappa shape index (κ3) is 3.54. The maximum atomic E-state index is 5.52. The van der Waals surface area contributed by atoms with Crippen molar-refractivity contribution in [2.75, 3.05) is 26.7 Å². The van der Waals surface area contributed by atoms with Gasteiger partial charge in [-0.15, -0.1) is 0 Å². The topological polar surface area (TPSA) is 41.3 Å². The molecule has 96 valence electrons. The molecule has 2 rings (SSSR count). The minimum absolute atomic E-state index is 0.205. The maximum absolute atomic E-state index is 5.52. The number of aryl methyl sites for hydroxylation is 1. The normalized spacial score (nSPS) is 23.8. The fourth-order valence-electron chi connectivity index (χ4n) is 2.44. The summed E-state index contributed by atoms with van der Waals surface area (Å²) in [5.74, 6) is 2.44. The number of hydrogen-bond acceptors (Lipinski definition) is 4. The zero-order valence-corrected chi connectivity index (χ0v) is 11.1. The highest BCUT2D eigenvalue weighted by molar-refractivity contribution is 4.95. The fourth-order valence-corrected chi connectivity index (χ4v) is 2.44. The zero-order chi connectivity index (χ0) is 12.3. The molecule has 2 unspecified atom stereocenters. The summed E-state index contributed by atoms with van der Waals surface area (Å²) in [7, 11) is 2.20. The lowest BCUT2D eigenvalue weighted by Gasteiger charge is -2.30. The Bertz CT molecular complexity index is 350.